The summed E-state index contributed by atoms with van der Waals surface area (Å²) in [5.41, 5.74) is 7.34. The van der Waals surface area contributed by atoms with Crippen LogP contribution in [0.4, 0.5) is 10.5 Å². The van der Waals surface area contributed by atoms with Crippen LogP contribution in [-0.2, 0) is 9.53 Å². The minimum absolute atomic E-state index is 0.0108. The molecule has 3 aliphatic rings. The van der Waals surface area contributed by atoms with Crippen LogP contribution in [0.1, 0.15) is 56.9 Å². The van der Waals surface area contributed by atoms with Gasteiger partial charge >= 0.3 is 12.0 Å². The van der Waals surface area contributed by atoms with Gasteiger partial charge in [0.05, 0.1) is 5.92 Å². The lowest BCUT2D eigenvalue weighted by Gasteiger charge is -2.41. The lowest BCUT2D eigenvalue weighted by Crippen LogP contribution is -2.54. The minimum Gasteiger partial charge on any atom is -0.462 e. The number of nitrogens with one attached hydrogen (secondary N) is 1. The monoisotopic (exact) mass is 455 g/mol. The van der Waals surface area contributed by atoms with Crippen LogP contribution in [0.3, 0.4) is 0 Å². The highest BCUT2D eigenvalue weighted by Crippen LogP contribution is 2.30. The third kappa shape index (κ3) is 5.60. The Morgan fingerprint density at radius 3 is 2.15 bits per heavy atom. The molecule has 0 aromatic heterocycles. The average Bonchev–Trinajstić information content (AvgIpc) is 3.36. The number of esters is 1. The van der Waals surface area contributed by atoms with Gasteiger partial charge in [0.1, 0.15) is 11.9 Å². The summed E-state index contributed by atoms with van der Waals surface area (Å²) < 4.78 is 5.70. The van der Waals surface area contributed by atoms with Gasteiger partial charge in [-0.25, -0.2) is 4.79 Å². The SMILES string of the molecule is CN(C(=O)N1CCN(c2ccc(C(=N)N)cc2)CC1)C1CCC(C(=O)OC2CCCC2)CC1. The van der Waals surface area contributed by atoms with E-state index in [0.717, 1.165) is 75.7 Å². The zero-order valence-corrected chi connectivity index (χ0v) is 19.7. The van der Waals surface area contributed by atoms with E-state index in [1.807, 2.05) is 41.1 Å². The van der Waals surface area contributed by atoms with E-state index in [4.69, 9.17) is 15.9 Å². The average molecular weight is 456 g/mol. The number of amidine groups is 1. The topological polar surface area (TPSA) is 103 Å². The Morgan fingerprint density at radius 1 is 0.970 bits per heavy atom. The number of carbonyl (C=O) groups excluding carboxylic acids is 2. The van der Waals surface area contributed by atoms with Crippen LogP contribution in [0, 0.1) is 11.3 Å². The molecule has 0 atom stereocenters. The molecule has 1 saturated heterocycles. The van der Waals surface area contributed by atoms with E-state index < -0.39 is 0 Å². The zero-order valence-electron chi connectivity index (χ0n) is 19.7. The summed E-state index contributed by atoms with van der Waals surface area (Å²) in [4.78, 5) is 31.7. The van der Waals surface area contributed by atoms with Crippen LogP contribution in [0.2, 0.25) is 0 Å². The maximum Gasteiger partial charge on any atom is 0.320 e. The lowest BCUT2D eigenvalue weighted by molar-refractivity contribution is -0.155. The summed E-state index contributed by atoms with van der Waals surface area (Å²) in [6.07, 6.45) is 7.80. The van der Waals surface area contributed by atoms with Crippen molar-refractivity contribution < 1.29 is 14.3 Å². The molecule has 1 aliphatic heterocycles. The zero-order chi connectivity index (χ0) is 23.4. The Bertz CT molecular complexity index is 836. The molecule has 8 heteroatoms. The number of hydrogen-bond acceptors (Lipinski definition) is 5. The number of nitrogens with two attached hydrogens (primary N) is 1. The number of rotatable bonds is 5. The predicted octanol–water partition coefficient (Wildman–Crippen LogP) is 3.19. The fourth-order valence-corrected chi connectivity index (χ4v) is 5.35. The van der Waals surface area contributed by atoms with Gasteiger partial charge in [0, 0.05) is 50.5 Å². The number of nitrogen functional groups attached to an aromatic ring is 1. The van der Waals surface area contributed by atoms with Crippen molar-refractivity contribution in [1.82, 2.24) is 9.80 Å². The lowest BCUT2D eigenvalue weighted by atomic mass is 9.85. The van der Waals surface area contributed by atoms with Crippen LogP contribution < -0.4 is 10.6 Å². The first-order valence-corrected chi connectivity index (χ1v) is 12.3. The van der Waals surface area contributed by atoms with E-state index in [2.05, 4.69) is 4.90 Å². The molecule has 180 valence electrons. The second-order valence-corrected chi connectivity index (χ2v) is 9.68. The maximum absolute atomic E-state index is 13.1. The van der Waals surface area contributed by atoms with Gasteiger partial charge in [0.2, 0.25) is 0 Å². The molecule has 1 heterocycles. The Labute approximate surface area is 196 Å². The number of piperazine rings is 1. The molecule has 2 saturated carbocycles. The first-order chi connectivity index (χ1) is 15.9. The van der Waals surface area contributed by atoms with Gasteiger partial charge in [-0.1, -0.05) is 0 Å². The molecule has 0 radical (unpaired) electrons. The summed E-state index contributed by atoms with van der Waals surface area (Å²) >= 11 is 0. The molecule has 0 unspecified atom stereocenters. The van der Waals surface area contributed by atoms with Gasteiger partial charge in [-0.05, 0) is 75.6 Å². The van der Waals surface area contributed by atoms with Crippen molar-refractivity contribution in [2.45, 2.75) is 63.5 Å². The van der Waals surface area contributed by atoms with E-state index in [9.17, 15) is 9.59 Å². The van der Waals surface area contributed by atoms with Crippen molar-refractivity contribution in [2.75, 3.05) is 38.1 Å². The normalized spacial score (nSPS) is 23.9. The van der Waals surface area contributed by atoms with E-state index >= 15 is 0 Å². The molecular formula is C25H37N5O3. The Balaban J connectivity index is 1.22. The number of urea groups is 1. The van der Waals surface area contributed by atoms with Gasteiger partial charge < -0.3 is 25.2 Å². The largest absolute Gasteiger partial charge is 0.462 e. The number of nitrogens with zero attached hydrogens (tertiary/aromatic N) is 3. The smallest absolute Gasteiger partial charge is 0.320 e. The number of amides is 2. The van der Waals surface area contributed by atoms with Crippen molar-refractivity contribution in [3.8, 4) is 0 Å². The van der Waals surface area contributed by atoms with Gasteiger partial charge in [0.15, 0.2) is 0 Å². The number of anilines is 1. The van der Waals surface area contributed by atoms with Crippen molar-refractivity contribution in [3.05, 3.63) is 29.8 Å². The highest BCUT2D eigenvalue weighted by atomic mass is 16.5. The number of carbonyl (C=O) groups is 2. The fourth-order valence-electron chi connectivity index (χ4n) is 5.35. The first kappa shape index (κ1) is 23.4. The summed E-state index contributed by atoms with van der Waals surface area (Å²) in [7, 11) is 1.90. The Morgan fingerprint density at radius 2 is 1.58 bits per heavy atom. The molecule has 4 rings (SSSR count). The Kier molecular flexibility index (Phi) is 7.40. The maximum atomic E-state index is 13.1. The van der Waals surface area contributed by atoms with Crippen molar-refractivity contribution in [2.24, 2.45) is 11.7 Å². The third-order valence-electron chi connectivity index (χ3n) is 7.56. The summed E-state index contributed by atoms with van der Waals surface area (Å²) in [5, 5.41) is 7.52. The molecule has 2 amide bonds. The van der Waals surface area contributed by atoms with Crippen LogP contribution in [0.25, 0.3) is 0 Å². The summed E-state index contributed by atoms with van der Waals surface area (Å²) in [6, 6.07) is 7.96. The predicted molar refractivity (Wildman–Crippen MR) is 128 cm³/mol. The van der Waals surface area contributed by atoms with Crippen molar-refractivity contribution in [3.63, 3.8) is 0 Å². The van der Waals surface area contributed by atoms with Gasteiger partial charge in [-0.2, -0.15) is 0 Å². The molecule has 1 aromatic rings. The standard InChI is InChI=1S/C25H37N5O3/c1-28(20-10-8-19(9-11-20)24(31)33-22-4-2-3-5-22)25(32)30-16-14-29(15-17-30)21-12-6-18(7-13-21)23(26)27/h6-7,12-13,19-20,22H,2-5,8-11,14-17H2,1H3,(H3,26,27). The first-order valence-electron chi connectivity index (χ1n) is 12.3. The molecule has 3 N–H and O–H groups in total. The number of ether oxygens (including phenoxy) is 1. The molecular weight excluding hydrogens is 418 g/mol. The number of benzene rings is 1. The second-order valence-electron chi connectivity index (χ2n) is 9.68. The van der Waals surface area contributed by atoms with Crippen molar-refractivity contribution >= 4 is 23.5 Å². The third-order valence-corrected chi connectivity index (χ3v) is 7.56. The van der Waals surface area contributed by atoms with Gasteiger partial charge in [-0.3, -0.25) is 10.2 Å². The van der Waals surface area contributed by atoms with Gasteiger partial charge in [0.25, 0.3) is 0 Å². The van der Waals surface area contributed by atoms with Crippen LogP contribution in [0.5, 0.6) is 0 Å². The molecule has 3 fully saturated rings. The quantitative estimate of drug-likeness (QED) is 0.403. The van der Waals surface area contributed by atoms with Crippen LogP contribution in [0.15, 0.2) is 24.3 Å². The molecule has 1 aromatic carbocycles. The van der Waals surface area contributed by atoms with Crippen LogP contribution >= 0.6 is 0 Å². The highest BCUT2D eigenvalue weighted by molar-refractivity contribution is 5.95. The molecule has 0 bridgehead atoms. The molecule has 33 heavy (non-hydrogen) atoms. The minimum atomic E-state index is -0.0261. The van der Waals surface area contributed by atoms with E-state index in [0.29, 0.717) is 13.1 Å². The van der Waals surface area contributed by atoms with E-state index in [-0.39, 0.29) is 35.9 Å². The fraction of sp³-hybridized carbons (Fsp3) is 0.640. The van der Waals surface area contributed by atoms with Gasteiger partial charge in [-0.15, -0.1) is 0 Å². The summed E-state index contributed by atoms with van der Waals surface area (Å²) in [5.74, 6) is 0.0322. The van der Waals surface area contributed by atoms with Crippen molar-refractivity contribution in [1.29, 1.82) is 5.41 Å². The Hall–Kier alpha value is -2.77. The molecule has 2 aliphatic carbocycles. The number of hydrogen-bond donors (Lipinski definition) is 2. The molecule has 0 spiro atoms. The summed E-state index contributed by atoms with van der Waals surface area (Å²) in [6.45, 7) is 2.92. The van der Waals surface area contributed by atoms with E-state index in [1.54, 1.807) is 0 Å². The van der Waals surface area contributed by atoms with E-state index in [1.165, 1.54) is 0 Å². The second kappa shape index (κ2) is 10.4. The highest BCUT2D eigenvalue weighted by Gasteiger charge is 2.34. The van der Waals surface area contributed by atoms with Crippen LogP contribution in [-0.4, -0.2) is 73.0 Å². The molecule has 8 nitrogen and oxygen atoms in total.